The number of aryl methyl sites for hydroxylation is 1. The van der Waals surface area contributed by atoms with Crippen molar-refractivity contribution in [1.82, 2.24) is 4.98 Å². The van der Waals surface area contributed by atoms with Crippen LogP contribution in [-0.4, -0.2) is 17.4 Å². The van der Waals surface area contributed by atoms with Crippen molar-refractivity contribution < 1.29 is 4.79 Å². The number of nitrogens with one attached hydrogen (secondary N) is 1. The Labute approximate surface area is 139 Å². The zero-order chi connectivity index (χ0) is 17.1. The van der Waals surface area contributed by atoms with Crippen molar-refractivity contribution in [2.45, 2.75) is 13.5 Å². The van der Waals surface area contributed by atoms with Crippen LogP contribution in [0, 0.1) is 6.92 Å². The van der Waals surface area contributed by atoms with Crippen molar-refractivity contribution in [2.24, 2.45) is 5.73 Å². The van der Waals surface area contributed by atoms with Crippen molar-refractivity contribution in [3.63, 3.8) is 0 Å². The molecule has 0 aliphatic heterocycles. The van der Waals surface area contributed by atoms with Gasteiger partial charge >= 0.3 is 0 Å². The minimum atomic E-state index is -0.399. The first kappa shape index (κ1) is 15.8. The maximum Gasteiger partial charge on any atom is 0.248 e. The van der Waals surface area contributed by atoms with Crippen LogP contribution < -0.4 is 16.2 Å². The van der Waals surface area contributed by atoms with Gasteiger partial charge in [-0.3, -0.25) is 9.59 Å². The lowest BCUT2D eigenvalue weighted by atomic mass is 10.1. The summed E-state index contributed by atoms with van der Waals surface area (Å²) in [6, 6.07) is 17.1. The monoisotopic (exact) mass is 321 g/mol. The molecular formula is C19H19N3O2. The van der Waals surface area contributed by atoms with E-state index in [0.29, 0.717) is 6.54 Å². The lowest BCUT2D eigenvalue weighted by molar-refractivity contribution is -0.116. The number of pyridine rings is 1. The molecule has 3 aromatic rings. The summed E-state index contributed by atoms with van der Waals surface area (Å²) in [5.41, 5.74) is 9.10. The van der Waals surface area contributed by atoms with Crippen LogP contribution in [0.1, 0.15) is 11.1 Å². The average molecular weight is 321 g/mol. The quantitative estimate of drug-likeness (QED) is 0.757. The molecule has 1 heterocycles. The van der Waals surface area contributed by atoms with Crippen LogP contribution in [0.3, 0.4) is 0 Å². The number of carbonyl (C=O) groups is 1. The van der Waals surface area contributed by atoms with Crippen LogP contribution in [-0.2, 0) is 11.3 Å². The fourth-order valence-corrected chi connectivity index (χ4v) is 2.67. The standard InChI is InChI=1S/C19H19N3O2/c1-13-2-4-14(5-3-13)11-22(12-18(20)23)16-8-6-15-7-9-19(24)21-17(15)10-16/h2-10H,11-12H2,1H3,(H2,20,23)(H,21,24). The molecule has 0 spiro atoms. The highest BCUT2D eigenvalue weighted by Gasteiger charge is 2.11. The van der Waals surface area contributed by atoms with Gasteiger partial charge in [0.25, 0.3) is 0 Å². The van der Waals surface area contributed by atoms with E-state index in [1.807, 2.05) is 54.3 Å². The van der Waals surface area contributed by atoms with Crippen LogP contribution in [0.2, 0.25) is 0 Å². The third-order valence-corrected chi connectivity index (χ3v) is 3.91. The van der Waals surface area contributed by atoms with Gasteiger partial charge in [-0.1, -0.05) is 35.9 Å². The Morgan fingerprint density at radius 3 is 2.50 bits per heavy atom. The number of primary amides is 1. The predicted molar refractivity (Wildman–Crippen MR) is 96.0 cm³/mol. The van der Waals surface area contributed by atoms with Crippen LogP contribution in [0.5, 0.6) is 0 Å². The summed E-state index contributed by atoms with van der Waals surface area (Å²) in [6.07, 6.45) is 0. The number of nitrogens with two attached hydrogens (primary N) is 1. The number of H-pyrrole nitrogens is 1. The number of aromatic amines is 1. The Balaban J connectivity index is 1.96. The van der Waals surface area contributed by atoms with Crippen molar-refractivity contribution in [1.29, 1.82) is 0 Å². The Bertz CT molecular complexity index is 929. The molecule has 0 saturated carbocycles. The Morgan fingerprint density at radius 2 is 1.79 bits per heavy atom. The molecule has 0 saturated heterocycles. The van der Waals surface area contributed by atoms with Gasteiger partial charge in [0.05, 0.1) is 12.1 Å². The first-order valence-electron chi connectivity index (χ1n) is 7.73. The normalized spacial score (nSPS) is 10.7. The topological polar surface area (TPSA) is 79.2 Å². The Morgan fingerprint density at radius 1 is 1.08 bits per heavy atom. The second-order valence-corrected chi connectivity index (χ2v) is 5.90. The number of anilines is 1. The number of rotatable bonds is 5. The summed E-state index contributed by atoms with van der Waals surface area (Å²) in [5, 5.41) is 0.938. The van der Waals surface area contributed by atoms with Gasteiger partial charge in [-0.25, -0.2) is 0 Å². The Hall–Kier alpha value is -3.08. The second kappa shape index (κ2) is 6.58. The van der Waals surface area contributed by atoms with Gasteiger partial charge in [-0.15, -0.1) is 0 Å². The summed E-state index contributed by atoms with van der Waals surface area (Å²) in [7, 11) is 0. The van der Waals surface area contributed by atoms with Crippen LogP contribution in [0.15, 0.2) is 59.4 Å². The zero-order valence-corrected chi connectivity index (χ0v) is 13.5. The molecule has 0 radical (unpaired) electrons. The van der Waals surface area contributed by atoms with Gasteiger partial charge in [0.15, 0.2) is 0 Å². The van der Waals surface area contributed by atoms with Crippen molar-refractivity contribution >= 4 is 22.5 Å². The summed E-state index contributed by atoms with van der Waals surface area (Å²) in [6.45, 7) is 2.70. The molecule has 0 fully saturated rings. The number of hydrogen-bond donors (Lipinski definition) is 2. The van der Waals surface area contributed by atoms with E-state index in [-0.39, 0.29) is 12.1 Å². The lowest BCUT2D eigenvalue weighted by Gasteiger charge is -2.24. The third-order valence-electron chi connectivity index (χ3n) is 3.91. The highest BCUT2D eigenvalue weighted by molar-refractivity contribution is 5.84. The molecule has 5 nitrogen and oxygen atoms in total. The molecular weight excluding hydrogens is 302 g/mol. The van der Waals surface area contributed by atoms with Gasteiger partial charge in [-0.2, -0.15) is 0 Å². The summed E-state index contributed by atoms with van der Waals surface area (Å²) < 4.78 is 0. The summed E-state index contributed by atoms with van der Waals surface area (Å²) >= 11 is 0. The highest BCUT2D eigenvalue weighted by atomic mass is 16.1. The largest absolute Gasteiger partial charge is 0.368 e. The molecule has 3 rings (SSSR count). The number of nitrogens with zero attached hydrogens (tertiary/aromatic N) is 1. The van der Waals surface area contributed by atoms with Gasteiger partial charge in [0.1, 0.15) is 0 Å². The van der Waals surface area contributed by atoms with Crippen molar-refractivity contribution in [3.05, 3.63) is 76.1 Å². The molecule has 1 aromatic heterocycles. The number of fused-ring (bicyclic) bond motifs is 1. The third kappa shape index (κ3) is 3.63. The van der Waals surface area contributed by atoms with E-state index >= 15 is 0 Å². The lowest BCUT2D eigenvalue weighted by Crippen LogP contribution is -2.33. The van der Waals surface area contributed by atoms with E-state index in [1.54, 1.807) is 6.07 Å². The summed E-state index contributed by atoms with van der Waals surface area (Å²) in [5.74, 6) is -0.399. The molecule has 0 aliphatic rings. The van der Waals surface area contributed by atoms with E-state index in [4.69, 9.17) is 5.73 Å². The minimum Gasteiger partial charge on any atom is -0.368 e. The van der Waals surface area contributed by atoms with E-state index < -0.39 is 5.91 Å². The van der Waals surface area contributed by atoms with Gasteiger partial charge in [-0.05, 0) is 36.1 Å². The molecule has 0 atom stereocenters. The van der Waals surface area contributed by atoms with Gasteiger partial charge < -0.3 is 15.6 Å². The molecule has 2 aromatic carbocycles. The highest BCUT2D eigenvalue weighted by Crippen LogP contribution is 2.22. The zero-order valence-electron chi connectivity index (χ0n) is 13.5. The molecule has 0 bridgehead atoms. The summed E-state index contributed by atoms with van der Waals surface area (Å²) in [4.78, 5) is 27.7. The van der Waals surface area contributed by atoms with Crippen molar-refractivity contribution in [3.8, 4) is 0 Å². The number of carbonyl (C=O) groups excluding carboxylic acids is 1. The van der Waals surface area contributed by atoms with E-state index in [1.165, 1.54) is 11.6 Å². The molecule has 0 unspecified atom stereocenters. The fourth-order valence-electron chi connectivity index (χ4n) is 2.67. The molecule has 122 valence electrons. The average Bonchev–Trinajstić information content (AvgIpc) is 2.55. The number of benzene rings is 2. The predicted octanol–water partition coefficient (Wildman–Crippen LogP) is 2.33. The van der Waals surface area contributed by atoms with E-state index in [0.717, 1.165) is 22.2 Å². The van der Waals surface area contributed by atoms with Crippen LogP contribution in [0.4, 0.5) is 5.69 Å². The minimum absolute atomic E-state index is 0.108. The van der Waals surface area contributed by atoms with E-state index in [9.17, 15) is 9.59 Å². The maximum absolute atomic E-state index is 11.5. The first-order valence-corrected chi connectivity index (χ1v) is 7.73. The molecule has 1 amide bonds. The molecule has 3 N–H and O–H groups in total. The fraction of sp³-hybridized carbons (Fsp3) is 0.158. The smallest absolute Gasteiger partial charge is 0.248 e. The second-order valence-electron chi connectivity index (χ2n) is 5.90. The first-order chi connectivity index (χ1) is 11.5. The van der Waals surface area contributed by atoms with Gasteiger partial charge in [0, 0.05) is 18.3 Å². The molecule has 24 heavy (non-hydrogen) atoms. The maximum atomic E-state index is 11.5. The van der Waals surface area contributed by atoms with Crippen molar-refractivity contribution in [2.75, 3.05) is 11.4 Å². The van der Waals surface area contributed by atoms with Crippen LogP contribution in [0.25, 0.3) is 10.9 Å². The molecule has 0 aliphatic carbocycles. The number of hydrogen-bond acceptors (Lipinski definition) is 3. The number of aromatic nitrogens is 1. The molecule has 5 heteroatoms. The number of amides is 1. The van der Waals surface area contributed by atoms with Gasteiger partial charge in [0.2, 0.25) is 11.5 Å². The van der Waals surface area contributed by atoms with E-state index in [2.05, 4.69) is 4.98 Å². The SMILES string of the molecule is Cc1ccc(CN(CC(N)=O)c2ccc3ccc(=O)[nH]c3c2)cc1. The Kier molecular flexibility index (Phi) is 4.33. The van der Waals surface area contributed by atoms with Crippen LogP contribution >= 0.6 is 0 Å².